The molecule has 0 aromatic heterocycles. The van der Waals surface area contributed by atoms with Gasteiger partial charge in [0.1, 0.15) is 0 Å². The minimum Gasteiger partial charge on any atom is -0.152 e. The summed E-state index contributed by atoms with van der Waals surface area (Å²) in [6, 6.07) is 0. The van der Waals surface area contributed by atoms with Crippen molar-refractivity contribution in [1.82, 2.24) is 0 Å². The Labute approximate surface area is 103 Å². The molecule has 0 nitrogen and oxygen atoms in total. The first kappa shape index (κ1) is 31.0. The third-order valence-corrected chi connectivity index (χ3v) is 0. The van der Waals surface area contributed by atoms with Gasteiger partial charge in [-0.1, -0.05) is 0 Å². The normalized spacial score (nSPS) is 8.47. The van der Waals surface area contributed by atoms with Gasteiger partial charge in [0.15, 0.2) is 0 Å². The molecule has 0 aromatic carbocycles. The molecule has 0 aliphatic carbocycles. The van der Waals surface area contributed by atoms with Gasteiger partial charge in [0.05, 0.1) is 0 Å². The van der Waals surface area contributed by atoms with E-state index in [1.807, 2.05) is 0 Å². The maximum atomic E-state index is 9.73. The number of halogens is 12. The summed E-state index contributed by atoms with van der Waals surface area (Å²) in [6.45, 7) is 0. The van der Waals surface area contributed by atoms with Crippen LogP contribution < -0.4 is 0 Å². The topological polar surface area (TPSA) is 0 Å². The predicted molar refractivity (Wildman–Crippen MR) is 41.0 cm³/mol. The largest absolute Gasteiger partial charge is 2.00 e. The first-order valence-corrected chi connectivity index (χ1v) is 6.09. The molecule has 0 radical (unpaired) electrons. The molecular weight excluding hydrogens is 411 g/mol. The van der Waals surface area contributed by atoms with Crippen LogP contribution >= 0.6 is 35.4 Å². The van der Waals surface area contributed by atoms with Gasteiger partial charge in [0.25, 0.3) is 0 Å². The van der Waals surface area contributed by atoms with Gasteiger partial charge in [0.2, 0.25) is 0 Å². The zero-order valence-corrected chi connectivity index (χ0v) is 11.2. The zero-order valence-electron chi connectivity index (χ0n) is 6.64. The molecule has 0 atom stereocenters. The van der Waals surface area contributed by atoms with Crippen LogP contribution in [0.1, 0.15) is 0 Å². The van der Waals surface area contributed by atoms with Crippen molar-refractivity contribution in [2.45, 2.75) is 0 Å². The van der Waals surface area contributed by atoms with Gasteiger partial charge < -0.3 is 0 Å². The van der Waals surface area contributed by atoms with E-state index in [-0.39, 0.29) is 16.5 Å². The first-order chi connectivity index (χ1) is 6.93. The van der Waals surface area contributed by atoms with Crippen LogP contribution in [0.5, 0.6) is 0 Å². The van der Waals surface area contributed by atoms with Crippen molar-refractivity contribution in [3.8, 4) is 0 Å². The molecular formula is F12NiP4+2. The van der Waals surface area contributed by atoms with E-state index >= 15 is 0 Å². The van der Waals surface area contributed by atoms with Crippen LogP contribution in [0, 0.1) is 0 Å². The van der Waals surface area contributed by atoms with Gasteiger partial charge in [-0.15, -0.1) is 0 Å². The molecule has 0 amide bonds. The molecule has 0 aliphatic rings. The SMILES string of the molecule is FP(F)F.FP(F)F.FP(F)F.FP(F)F.[Ni+2]. The summed E-state index contributed by atoms with van der Waals surface area (Å²) in [7, 11) is -16.5. The van der Waals surface area contributed by atoms with E-state index in [9.17, 15) is 50.4 Å². The molecule has 0 aromatic rings. The van der Waals surface area contributed by atoms with E-state index in [2.05, 4.69) is 0 Å². The smallest absolute Gasteiger partial charge is 0.152 e. The van der Waals surface area contributed by atoms with Crippen LogP contribution in [0.3, 0.4) is 0 Å². The van der Waals surface area contributed by atoms with Gasteiger partial charge in [0, 0.05) is 0 Å². The fourth-order valence-electron chi connectivity index (χ4n) is 0. The van der Waals surface area contributed by atoms with Gasteiger partial charge in [-0.05, 0) is 0 Å². The first-order valence-electron chi connectivity index (χ1n) is 2.03. The molecule has 0 rings (SSSR count). The van der Waals surface area contributed by atoms with Crippen LogP contribution in [-0.4, -0.2) is 0 Å². The maximum absolute atomic E-state index is 9.73. The van der Waals surface area contributed by atoms with E-state index in [1.165, 1.54) is 0 Å². The van der Waals surface area contributed by atoms with Crippen molar-refractivity contribution in [2.24, 2.45) is 0 Å². The monoisotopic (exact) mass is 410 g/mol. The van der Waals surface area contributed by atoms with Crippen LogP contribution in [0.4, 0.5) is 50.4 Å². The second-order valence-corrected chi connectivity index (χ2v) is 2.30. The zero-order chi connectivity index (χ0) is 14.3. The average Bonchev–Trinajstić information content (AvgIpc) is 1.76. The van der Waals surface area contributed by atoms with E-state index in [1.54, 1.807) is 0 Å². The maximum Gasteiger partial charge on any atom is 2.00 e. The minimum atomic E-state index is -4.12. The van der Waals surface area contributed by atoms with Crippen molar-refractivity contribution >= 4 is 35.4 Å². The van der Waals surface area contributed by atoms with E-state index in [4.69, 9.17) is 0 Å². The summed E-state index contributed by atoms with van der Waals surface area (Å²) in [5, 5.41) is 0. The Morgan fingerprint density at radius 3 is 0.294 bits per heavy atom. The van der Waals surface area contributed by atoms with Gasteiger partial charge in [-0.2, -0.15) is 50.4 Å². The van der Waals surface area contributed by atoms with E-state index in [0.29, 0.717) is 0 Å². The third-order valence-electron chi connectivity index (χ3n) is 0. The number of rotatable bonds is 0. The molecule has 0 aliphatic heterocycles. The second kappa shape index (κ2) is 26.0. The van der Waals surface area contributed by atoms with Crippen molar-refractivity contribution in [2.75, 3.05) is 0 Å². The summed E-state index contributed by atoms with van der Waals surface area (Å²) in [5.41, 5.74) is 0. The summed E-state index contributed by atoms with van der Waals surface area (Å²) in [4.78, 5) is 0. The standard InChI is InChI=1S/4F3P.Ni/c4*1-4(2)3;/q;;;;+2. The van der Waals surface area contributed by atoms with Gasteiger partial charge >= 0.3 is 51.9 Å². The molecule has 0 saturated heterocycles. The van der Waals surface area contributed by atoms with Crippen molar-refractivity contribution < 1.29 is 66.9 Å². The number of hydrogen-bond acceptors (Lipinski definition) is 0. The minimum absolute atomic E-state index is 0. The van der Waals surface area contributed by atoms with Crippen LogP contribution in [0.25, 0.3) is 0 Å². The molecule has 17 heteroatoms. The summed E-state index contributed by atoms with van der Waals surface area (Å²) in [5.74, 6) is 0. The van der Waals surface area contributed by atoms with Crippen LogP contribution in [0.15, 0.2) is 0 Å². The Morgan fingerprint density at radius 2 is 0.294 bits per heavy atom. The summed E-state index contributed by atoms with van der Waals surface area (Å²) < 4.78 is 117. The fourth-order valence-corrected chi connectivity index (χ4v) is 0. The van der Waals surface area contributed by atoms with Crippen molar-refractivity contribution in [3.63, 3.8) is 0 Å². The third kappa shape index (κ3) is 2180. The molecule has 0 saturated carbocycles. The van der Waals surface area contributed by atoms with Crippen molar-refractivity contribution in [1.29, 1.82) is 0 Å². The molecule has 17 heavy (non-hydrogen) atoms. The number of hydrogen-bond donors (Lipinski definition) is 0. The predicted octanol–water partition coefficient (Wildman–Crippen LogP) is 8.48. The van der Waals surface area contributed by atoms with E-state index < -0.39 is 35.4 Å². The Morgan fingerprint density at radius 1 is 0.294 bits per heavy atom. The second-order valence-electron chi connectivity index (χ2n) is 0.767. The molecule has 0 spiro atoms. The Kier molecular flexibility index (Phi) is 47.5. The molecule has 112 valence electrons. The van der Waals surface area contributed by atoms with Crippen molar-refractivity contribution in [3.05, 3.63) is 0 Å². The fraction of sp³-hybridized carbons (Fsp3) is 0. The molecule has 0 heterocycles. The Bertz CT molecular complexity index is 61.5. The van der Waals surface area contributed by atoms with Crippen LogP contribution in [0.2, 0.25) is 0 Å². The van der Waals surface area contributed by atoms with Crippen LogP contribution in [-0.2, 0) is 16.5 Å². The van der Waals surface area contributed by atoms with Gasteiger partial charge in [-0.3, -0.25) is 0 Å². The Balaban J connectivity index is -0.0000000369. The summed E-state index contributed by atoms with van der Waals surface area (Å²) >= 11 is 0. The molecule has 0 unspecified atom stereocenters. The Hall–Kier alpha value is 1.37. The average molecular weight is 411 g/mol. The van der Waals surface area contributed by atoms with Gasteiger partial charge in [-0.25, -0.2) is 0 Å². The molecule has 0 N–H and O–H groups in total. The van der Waals surface area contributed by atoms with E-state index in [0.717, 1.165) is 0 Å². The molecule has 0 fully saturated rings. The summed E-state index contributed by atoms with van der Waals surface area (Å²) in [6.07, 6.45) is 0. The molecule has 0 bridgehead atoms. The quantitative estimate of drug-likeness (QED) is 0.213.